The molecule has 2 aliphatic carbocycles. The highest BCUT2D eigenvalue weighted by Crippen LogP contribution is 2.62. The van der Waals surface area contributed by atoms with E-state index in [2.05, 4.69) is 19.2 Å². The van der Waals surface area contributed by atoms with E-state index in [-0.39, 0.29) is 63.8 Å². The topological polar surface area (TPSA) is 136 Å². The largest absolute Gasteiger partial charge is 0.459 e. The Bertz CT molecular complexity index is 2300. The lowest BCUT2D eigenvalue weighted by atomic mass is 9.55. The van der Waals surface area contributed by atoms with Gasteiger partial charge in [0, 0.05) is 43.2 Å². The standard InChI is InChI=1S/C53H59FN2O9/c1-3-5-29-61-52(60)56(34-37-20-22-41(54)23-21-37)49-33-47(55-63-36-38-14-7-6-8-15-38)45-31-40(17-9-11-26-57)44(19-10-12-27-58)50-46-32-43(64-42-18-13-16-39(30-42)35-59)24-25-48(46)65-53(49,51(45)50)62-28-4-2/h3-4,6-8,13-16,18,20-25,30-32,35,40,44,49-51,57-58H,1-2,5,9-12,17,19,26-29,33-34,36H2/t40-,44+,49-,50+,51+,53+/m0/s1. The van der Waals surface area contributed by atoms with Crippen LogP contribution in [-0.4, -0.2) is 71.5 Å². The molecule has 0 spiro atoms. The van der Waals surface area contributed by atoms with Gasteiger partial charge in [-0.25, -0.2) is 9.18 Å². The first kappa shape index (κ1) is 46.9. The van der Waals surface area contributed by atoms with Gasteiger partial charge >= 0.3 is 6.09 Å². The van der Waals surface area contributed by atoms with Crippen LogP contribution in [0, 0.1) is 23.6 Å². The van der Waals surface area contributed by atoms with Gasteiger partial charge in [0.2, 0.25) is 5.79 Å². The summed E-state index contributed by atoms with van der Waals surface area (Å²) in [5.74, 6) is -1.34. The molecule has 0 bridgehead atoms. The highest BCUT2D eigenvalue weighted by molar-refractivity contribution is 6.03. The predicted octanol–water partition coefficient (Wildman–Crippen LogP) is 10.5. The molecule has 4 aromatic carbocycles. The molecule has 1 fully saturated rings. The highest BCUT2D eigenvalue weighted by Gasteiger charge is 2.65. The number of halogens is 1. The Labute approximate surface area is 380 Å². The van der Waals surface area contributed by atoms with Gasteiger partial charge in [0.05, 0.1) is 24.8 Å². The lowest BCUT2D eigenvalue weighted by Gasteiger charge is -2.59. The molecule has 6 atom stereocenters. The summed E-state index contributed by atoms with van der Waals surface area (Å²) in [6.45, 7) is 8.32. The van der Waals surface area contributed by atoms with Crippen molar-refractivity contribution in [3.8, 4) is 17.2 Å². The number of aliphatic hydroxyl groups excluding tert-OH is 2. The van der Waals surface area contributed by atoms with Gasteiger partial charge in [-0.05, 0) is 103 Å². The average Bonchev–Trinajstić information content (AvgIpc) is 3.32. The summed E-state index contributed by atoms with van der Waals surface area (Å²) in [5.41, 5.74) is 4.42. The molecule has 0 unspecified atom stereocenters. The number of hydrogen-bond acceptors (Lipinski definition) is 10. The van der Waals surface area contributed by atoms with Crippen LogP contribution in [0.2, 0.25) is 0 Å². The maximum atomic E-state index is 14.7. The fraction of sp³-hybridized carbons (Fsp3) is 0.377. The van der Waals surface area contributed by atoms with E-state index in [4.69, 9.17) is 28.9 Å². The van der Waals surface area contributed by atoms with E-state index < -0.39 is 29.7 Å². The van der Waals surface area contributed by atoms with Crippen molar-refractivity contribution in [3.05, 3.63) is 162 Å². The molecular formula is C53H59FN2O9. The number of amides is 1. The van der Waals surface area contributed by atoms with Crippen molar-refractivity contribution >= 4 is 18.1 Å². The molecule has 0 aromatic heterocycles. The lowest BCUT2D eigenvalue weighted by Crippen LogP contribution is -2.70. The van der Waals surface area contributed by atoms with E-state index in [1.807, 2.05) is 48.5 Å². The quantitative estimate of drug-likeness (QED) is 0.0323. The molecule has 1 amide bonds. The molecular weight excluding hydrogens is 828 g/mol. The van der Waals surface area contributed by atoms with Crippen LogP contribution in [0.25, 0.3) is 0 Å². The van der Waals surface area contributed by atoms with Gasteiger partial charge in [-0.2, -0.15) is 0 Å². The van der Waals surface area contributed by atoms with Gasteiger partial charge in [0.25, 0.3) is 0 Å². The summed E-state index contributed by atoms with van der Waals surface area (Å²) in [6.07, 6.45) is 10.6. The molecule has 0 saturated heterocycles. The Morgan fingerprint density at radius 3 is 2.40 bits per heavy atom. The molecule has 7 rings (SSSR count). The minimum absolute atomic E-state index is 0.00320. The third-order valence-electron chi connectivity index (χ3n) is 12.5. The molecule has 342 valence electrons. The van der Waals surface area contributed by atoms with Crippen LogP contribution in [0.4, 0.5) is 9.18 Å². The van der Waals surface area contributed by atoms with Gasteiger partial charge in [-0.3, -0.25) is 9.69 Å². The van der Waals surface area contributed by atoms with Gasteiger partial charge in [-0.1, -0.05) is 90.8 Å². The zero-order chi connectivity index (χ0) is 45.6. The van der Waals surface area contributed by atoms with E-state index in [0.717, 1.165) is 48.7 Å². The van der Waals surface area contributed by atoms with Gasteiger partial charge in [0.1, 0.15) is 42.0 Å². The number of aliphatic hydroxyl groups is 2. The Hall–Kier alpha value is -6.08. The van der Waals surface area contributed by atoms with Crippen LogP contribution in [0.15, 0.2) is 139 Å². The number of carbonyl (C=O) groups excluding carboxylic acids is 2. The third kappa shape index (κ3) is 11.1. The maximum absolute atomic E-state index is 14.7. The first-order chi connectivity index (χ1) is 31.8. The number of hydrogen-bond donors (Lipinski definition) is 2. The Morgan fingerprint density at radius 2 is 1.66 bits per heavy atom. The normalized spacial score (nSPS) is 22.4. The van der Waals surface area contributed by atoms with Gasteiger partial charge in [0.15, 0.2) is 0 Å². The Morgan fingerprint density at radius 1 is 0.892 bits per heavy atom. The highest BCUT2D eigenvalue weighted by atomic mass is 19.1. The summed E-state index contributed by atoms with van der Waals surface area (Å²) < 4.78 is 41.2. The summed E-state index contributed by atoms with van der Waals surface area (Å²) in [7, 11) is 0. The molecule has 65 heavy (non-hydrogen) atoms. The number of benzene rings is 4. The SMILES string of the molecule is C=CCCOC(=O)N(Cc1ccc(F)cc1)[C@H]1CC(=NOCc2ccccc2)C2=C[C@H](CCCCO)[C@@H](CCCCO)[C@@H]3c4cc(Oc5cccc(C=O)c5)ccc4O[C@@]1(OCC=C)[C@H]23. The van der Waals surface area contributed by atoms with E-state index in [9.17, 15) is 24.2 Å². The van der Waals surface area contributed by atoms with E-state index in [1.165, 1.54) is 12.1 Å². The molecule has 1 saturated carbocycles. The fourth-order valence-corrected chi connectivity index (χ4v) is 9.66. The number of nitrogens with zero attached hydrogens (tertiary/aromatic N) is 2. The van der Waals surface area contributed by atoms with Crippen LogP contribution in [-0.2, 0) is 27.5 Å². The van der Waals surface area contributed by atoms with Crippen LogP contribution in [0.3, 0.4) is 0 Å². The third-order valence-corrected chi connectivity index (χ3v) is 12.5. The maximum Gasteiger partial charge on any atom is 0.410 e. The van der Waals surface area contributed by atoms with Crippen molar-refractivity contribution in [2.45, 2.75) is 82.3 Å². The molecule has 0 radical (unpaired) electrons. The summed E-state index contributed by atoms with van der Waals surface area (Å²) in [5, 5.41) is 24.9. The molecule has 4 aromatic rings. The molecule has 11 nitrogen and oxygen atoms in total. The number of oxime groups is 1. The van der Waals surface area contributed by atoms with Crippen molar-refractivity contribution in [2.24, 2.45) is 22.9 Å². The van der Waals surface area contributed by atoms with Crippen molar-refractivity contribution in [2.75, 3.05) is 26.4 Å². The smallest absolute Gasteiger partial charge is 0.410 e. The van der Waals surface area contributed by atoms with Crippen molar-refractivity contribution in [1.29, 1.82) is 0 Å². The fourth-order valence-electron chi connectivity index (χ4n) is 9.66. The van der Waals surface area contributed by atoms with Gasteiger partial charge in [-0.15, -0.1) is 13.2 Å². The number of ether oxygens (including phenoxy) is 4. The van der Waals surface area contributed by atoms with Crippen LogP contribution >= 0.6 is 0 Å². The zero-order valence-corrected chi connectivity index (χ0v) is 36.8. The van der Waals surface area contributed by atoms with E-state index in [0.29, 0.717) is 53.3 Å². The molecule has 1 aliphatic heterocycles. The molecule has 1 heterocycles. The van der Waals surface area contributed by atoms with Crippen LogP contribution in [0.5, 0.6) is 17.2 Å². The lowest BCUT2D eigenvalue weighted by molar-refractivity contribution is -0.256. The van der Waals surface area contributed by atoms with E-state index in [1.54, 1.807) is 53.5 Å². The average molecular weight is 887 g/mol. The van der Waals surface area contributed by atoms with Crippen molar-refractivity contribution < 1.29 is 48.0 Å². The number of unbranched alkanes of at least 4 members (excludes halogenated alkanes) is 2. The number of carbonyl (C=O) groups is 2. The zero-order valence-electron chi connectivity index (χ0n) is 36.8. The molecule has 12 heteroatoms. The summed E-state index contributed by atoms with van der Waals surface area (Å²) >= 11 is 0. The minimum Gasteiger partial charge on any atom is -0.459 e. The first-order valence-corrected chi connectivity index (χ1v) is 22.6. The van der Waals surface area contributed by atoms with Crippen LogP contribution in [0.1, 0.15) is 84.3 Å². The second kappa shape index (κ2) is 22.7. The molecule has 2 N–H and O–H groups in total. The van der Waals surface area contributed by atoms with Gasteiger partial charge < -0.3 is 34.0 Å². The number of fused-ring (bicyclic) bond motifs is 2. The Kier molecular flexibility index (Phi) is 16.4. The summed E-state index contributed by atoms with van der Waals surface area (Å²) in [4.78, 5) is 34.2. The molecule has 3 aliphatic rings. The monoisotopic (exact) mass is 886 g/mol. The second-order valence-corrected chi connectivity index (χ2v) is 16.8. The number of rotatable bonds is 23. The Balaban J connectivity index is 1.45. The number of aldehydes is 1. The van der Waals surface area contributed by atoms with Crippen LogP contribution < -0.4 is 9.47 Å². The van der Waals surface area contributed by atoms with Crippen molar-refractivity contribution in [1.82, 2.24) is 4.90 Å². The van der Waals surface area contributed by atoms with E-state index >= 15 is 0 Å². The predicted molar refractivity (Wildman–Crippen MR) is 246 cm³/mol. The first-order valence-electron chi connectivity index (χ1n) is 22.6. The van der Waals surface area contributed by atoms with Crippen molar-refractivity contribution in [3.63, 3.8) is 0 Å². The minimum atomic E-state index is -1.56. The summed E-state index contributed by atoms with van der Waals surface area (Å²) in [6, 6.07) is 27.5. The second-order valence-electron chi connectivity index (χ2n) is 16.8. The number of allylic oxidation sites excluding steroid dienone is 1.